The van der Waals surface area contributed by atoms with Gasteiger partial charge in [0.25, 0.3) is 0 Å². The van der Waals surface area contributed by atoms with Crippen LogP contribution in [0.2, 0.25) is 0 Å². The highest BCUT2D eigenvalue weighted by molar-refractivity contribution is 5.28. The Morgan fingerprint density at radius 3 is 2.40 bits per heavy atom. The fourth-order valence-corrected chi connectivity index (χ4v) is 3.27. The summed E-state index contributed by atoms with van der Waals surface area (Å²) < 4.78 is 28.0. The van der Waals surface area contributed by atoms with Crippen LogP contribution in [0, 0.1) is 30.4 Å². The molecule has 0 spiro atoms. The van der Waals surface area contributed by atoms with Crippen molar-refractivity contribution < 1.29 is 8.78 Å². The van der Waals surface area contributed by atoms with Gasteiger partial charge in [0.15, 0.2) is 0 Å². The lowest BCUT2D eigenvalue weighted by Gasteiger charge is -2.33. The summed E-state index contributed by atoms with van der Waals surface area (Å²) in [5.74, 6) is 0.567. The third-order valence-corrected chi connectivity index (χ3v) is 4.57. The first kappa shape index (κ1) is 15.4. The van der Waals surface area contributed by atoms with Gasteiger partial charge in [-0.15, -0.1) is 0 Å². The fourth-order valence-electron chi connectivity index (χ4n) is 3.27. The summed E-state index contributed by atoms with van der Waals surface area (Å²) in [5, 5.41) is 3.36. The molecule has 0 aromatic heterocycles. The topological polar surface area (TPSA) is 12.0 Å². The molecule has 1 aliphatic rings. The molecule has 0 saturated heterocycles. The van der Waals surface area contributed by atoms with Crippen molar-refractivity contribution in [2.75, 3.05) is 6.54 Å². The molecule has 20 heavy (non-hydrogen) atoms. The van der Waals surface area contributed by atoms with Gasteiger partial charge in [-0.25, -0.2) is 8.78 Å². The van der Waals surface area contributed by atoms with Gasteiger partial charge >= 0.3 is 0 Å². The Morgan fingerprint density at radius 2 is 1.80 bits per heavy atom. The van der Waals surface area contributed by atoms with E-state index in [1.54, 1.807) is 6.92 Å². The van der Waals surface area contributed by atoms with E-state index in [4.69, 9.17) is 0 Å². The van der Waals surface area contributed by atoms with Crippen molar-refractivity contribution in [1.29, 1.82) is 0 Å². The van der Waals surface area contributed by atoms with Gasteiger partial charge in [-0.2, -0.15) is 0 Å². The number of hydrogen-bond donors (Lipinski definition) is 1. The standard InChI is InChI=1S/C17H25F2N/c1-4-20-17(13-7-5-11(2)6-8-13)14-10-15(18)12(3)9-16(14)19/h9-11,13,17,20H,4-8H2,1-3H3. The highest BCUT2D eigenvalue weighted by atomic mass is 19.1. The van der Waals surface area contributed by atoms with Crippen LogP contribution in [-0.2, 0) is 0 Å². The Bertz CT molecular complexity index is 451. The second kappa shape index (κ2) is 6.66. The molecule has 1 atom stereocenters. The molecule has 1 aliphatic carbocycles. The molecule has 0 heterocycles. The molecule has 2 rings (SSSR count). The van der Waals surface area contributed by atoms with Crippen LogP contribution in [0.5, 0.6) is 0 Å². The van der Waals surface area contributed by atoms with Gasteiger partial charge in [0.1, 0.15) is 11.6 Å². The van der Waals surface area contributed by atoms with Crippen molar-refractivity contribution >= 4 is 0 Å². The molecule has 1 aromatic rings. The quantitative estimate of drug-likeness (QED) is 0.839. The Kier molecular flexibility index (Phi) is 5.14. The summed E-state index contributed by atoms with van der Waals surface area (Å²) in [6.45, 7) is 6.66. The molecule has 1 fully saturated rings. The van der Waals surface area contributed by atoms with Gasteiger partial charge in [-0.05, 0) is 55.8 Å². The van der Waals surface area contributed by atoms with Gasteiger partial charge < -0.3 is 5.32 Å². The lowest BCUT2D eigenvalue weighted by Crippen LogP contribution is -2.31. The minimum atomic E-state index is -0.312. The van der Waals surface area contributed by atoms with Crippen LogP contribution >= 0.6 is 0 Å². The SMILES string of the molecule is CCNC(c1cc(F)c(C)cc1F)C1CCC(C)CC1. The number of halogens is 2. The van der Waals surface area contributed by atoms with E-state index in [0.717, 1.165) is 25.3 Å². The molecule has 0 bridgehead atoms. The lowest BCUT2D eigenvalue weighted by atomic mass is 9.77. The summed E-state index contributed by atoms with van der Waals surface area (Å²) in [5.41, 5.74) is 0.869. The zero-order valence-corrected chi connectivity index (χ0v) is 12.7. The third kappa shape index (κ3) is 3.38. The second-order valence-corrected chi connectivity index (χ2v) is 6.18. The van der Waals surface area contributed by atoms with Crippen LogP contribution in [0.4, 0.5) is 8.78 Å². The summed E-state index contributed by atoms with van der Waals surface area (Å²) in [6.07, 6.45) is 4.55. The van der Waals surface area contributed by atoms with E-state index in [-0.39, 0.29) is 17.7 Å². The smallest absolute Gasteiger partial charge is 0.128 e. The number of rotatable bonds is 4. The molecule has 0 amide bonds. The Hall–Kier alpha value is -0.960. The molecule has 0 radical (unpaired) electrons. The summed E-state index contributed by atoms with van der Waals surface area (Å²) in [7, 11) is 0. The summed E-state index contributed by atoms with van der Waals surface area (Å²) >= 11 is 0. The Morgan fingerprint density at radius 1 is 1.15 bits per heavy atom. The van der Waals surface area contributed by atoms with E-state index in [1.165, 1.54) is 25.0 Å². The van der Waals surface area contributed by atoms with E-state index < -0.39 is 0 Å². The average molecular weight is 281 g/mol. The van der Waals surface area contributed by atoms with E-state index >= 15 is 0 Å². The average Bonchev–Trinajstić information content (AvgIpc) is 2.42. The number of nitrogens with one attached hydrogen (secondary N) is 1. The van der Waals surface area contributed by atoms with Gasteiger partial charge in [-0.3, -0.25) is 0 Å². The van der Waals surface area contributed by atoms with E-state index in [1.807, 2.05) is 6.92 Å². The minimum Gasteiger partial charge on any atom is -0.310 e. The molecule has 3 heteroatoms. The molecule has 1 saturated carbocycles. The maximum atomic E-state index is 14.2. The van der Waals surface area contributed by atoms with Crippen molar-refractivity contribution in [3.05, 3.63) is 34.9 Å². The number of aryl methyl sites for hydroxylation is 1. The molecule has 1 N–H and O–H groups in total. The molecule has 112 valence electrons. The predicted octanol–water partition coefficient (Wildman–Crippen LogP) is 4.75. The molecule has 1 unspecified atom stereocenters. The van der Waals surface area contributed by atoms with Gasteiger partial charge in [-0.1, -0.05) is 26.7 Å². The number of hydrogen-bond acceptors (Lipinski definition) is 1. The zero-order chi connectivity index (χ0) is 14.7. The van der Waals surface area contributed by atoms with Crippen LogP contribution in [-0.4, -0.2) is 6.54 Å². The highest BCUT2D eigenvalue weighted by Crippen LogP contribution is 2.37. The second-order valence-electron chi connectivity index (χ2n) is 6.18. The van der Waals surface area contributed by atoms with Crippen LogP contribution in [0.15, 0.2) is 12.1 Å². The van der Waals surface area contributed by atoms with Crippen molar-refractivity contribution in [2.45, 2.75) is 52.5 Å². The van der Waals surface area contributed by atoms with Gasteiger partial charge in [0.05, 0.1) is 0 Å². The van der Waals surface area contributed by atoms with Gasteiger partial charge in [0, 0.05) is 11.6 Å². The lowest BCUT2D eigenvalue weighted by molar-refractivity contribution is 0.229. The first-order chi connectivity index (χ1) is 9.52. The molecule has 0 aliphatic heterocycles. The summed E-state index contributed by atoms with van der Waals surface area (Å²) in [4.78, 5) is 0. The fraction of sp³-hybridized carbons (Fsp3) is 0.647. The van der Waals surface area contributed by atoms with Crippen molar-refractivity contribution in [1.82, 2.24) is 5.32 Å². The zero-order valence-electron chi connectivity index (χ0n) is 12.7. The van der Waals surface area contributed by atoms with Crippen LogP contribution in [0.3, 0.4) is 0 Å². The normalized spacial score (nSPS) is 24.6. The van der Waals surface area contributed by atoms with E-state index in [0.29, 0.717) is 17.0 Å². The molecule has 1 nitrogen and oxygen atoms in total. The summed E-state index contributed by atoms with van der Waals surface area (Å²) in [6, 6.07) is 2.64. The largest absolute Gasteiger partial charge is 0.310 e. The molecular formula is C17H25F2N. The Balaban J connectivity index is 2.26. The van der Waals surface area contributed by atoms with Crippen LogP contribution < -0.4 is 5.32 Å². The van der Waals surface area contributed by atoms with Crippen molar-refractivity contribution in [3.8, 4) is 0 Å². The molecule has 1 aromatic carbocycles. The van der Waals surface area contributed by atoms with Crippen molar-refractivity contribution in [2.24, 2.45) is 11.8 Å². The third-order valence-electron chi connectivity index (χ3n) is 4.57. The minimum absolute atomic E-state index is 0.0670. The highest BCUT2D eigenvalue weighted by Gasteiger charge is 2.29. The van der Waals surface area contributed by atoms with Gasteiger partial charge in [0.2, 0.25) is 0 Å². The van der Waals surface area contributed by atoms with E-state index in [2.05, 4.69) is 12.2 Å². The molecular weight excluding hydrogens is 256 g/mol. The van der Waals surface area contributed by atoms with Crippen molar-refractivity contribution in [3.63, 3.8) is 0 Å². The Labute approximate surface area is 120 Å². The first-order valence-electron chi connectivity index (χ1n) is 7.71. The maximum absolute atomic E-state index is 14.2. The van der Waals surface area contributed by atoms with Crippen LogP contribution in [0.25, 0.3) is 0 Å². The predicted molar refractivity (Wildman–Crippen MR) is 78.6 cm³/mol. The van der Waals surface area contributed by atoms with Crippen LogP contribution in [0.1, 0.15) is 56.7 Å². The first-order valence-corrected chi connectivity index (χ1v) is 7.71. The maximum Gasteiger partial charge on any atom is 0.128 e. The number of benzene rings is 1. The monoisotopic (exact) mass is 281 g/mol. The van der Waals surface area contributed by atoms with E-state index in [9.17, 15) is 8.78 Å².